The third-order valence-electron chi connectivity index (χ3n) is 5.74. The second kappa shape index (κ2) is 11.8. The first kappa shape index (κ1) is 31.2. The fourth-order valence-electron chi connectivity index (χ4n) is 3.78. The highest BCUT2D eigenvalue weighted by Gasteiger charge is 2.39. The molecule has 1 N–H and O–H groups in total. The highest BCUT2D eigenvalue weighted by Crippen LogP contribution is 2.42. The number of barbiturate groups is 1. The number of nitro groups is 2. The summed E-state index contributed by atoms with van der Waals surface area (Å²) in [6.07, 6.45) is -3.80. The van der Waals surface area contributed by atoms with Gasteiger partial charge in [0.25, 0.3) is 17.5 Å². The zero-order valence-electron chi connectivity index (χ0n) is 21.1. The first-order valence-corrected chi connectivity index (χ1v) is 12.8. The van der Waals surface area contributed by atoms with E-state index < -0.39 is 62.1 Å². The van der Waals surface area contributed by atoms with E-state index in [0.29, 0.717) is 18.2 Å². The Balaban J connectivity index is 1.74. The van der Waals surface area contributed by atoms with Crippen LogP contribution in [-0.4, -0.2) is 34.8 Å². The Morgan fingerprint density at radius 2 is 1.70 bits per heavy atom. The highest BCUT2D eigenvalue weighted by atomic mass is 127. The number of carbonyl (C=O) groups excluding carboxylic acids is 3. The van der Waals surface area contributed by atoms with Gasteiger partial charge in [-0.05, 0) is 70.6 Å². The Morgan fingerprint density at radius 3 is 2.30 bits per heavy atom. The Labute approximate surface area is 256 Å². The van der Waals surface area contributed by atoms with Crippen molar-refractivity contribution in [1.29, 1.82) is 0 Å². The molecule has 43 heavy (non-hydrogen) atoms. The van der Waals surface area contributed by atoms with Crippen molar-refractivity contribution in [3.63, 3.8) is 0 Å². The summed E-state index contributed by atoms with van der Waals surface area (Å²) in [5, 5.41) is 24.0. The van der Waals surface area contributed by atoms with E-state index in [4.69, 9.17) is 21.1 Å². The van der Waals surface area contributed by atoms with Crippen molar-refractivity contribution in [2.45, 2.75) is 6.18 Å². The van der Waals surface area contributed by atoms with Crippen LogP contribution in [0, 0.1) is 23.8 Å². The van der Waals surface area contributed by atoms with Gasteiger partial charge in [0, 0.05) is 6.07 Å². The molecule has 0 aromatic heterocycles. The van der Waals surface area contributed by atoms with E-state index in [2.05, 4.69) is 0 Å². The molecule has 0 aliphatic carbocycles. The number of ether oxygens (including phenoxy) is 2. The monoisotopic (exact) mass is 732 g/mol. The molecule has 1 aliphatic heterocycles. The van der Waals surface area contributed by atoms with Crippen LogP contribution >= 0.6 is 34.2 Å². The zero-order valence-corrected chi connectivity index (χ0v) is 24.0. The standard InChI is InChI=1S/C25H13ClF3IN4O9/c1-42-20-8-11(7-16(30)21(20)43-19-5-3-13(33(38)39)10-18(19)34(40)41)6-14-22(35)31-24(37)32(23(14)36)17-9-12(25(27,28)29)2-4-15(17)26/h2-10H,1H3,(H,31,35,37)/b14-6+. The summed E-state index contributed by atoms with van der Waals surface area (Å²) in [6, 6.07) is 6.03. The topological polar surface area (TPSA) is 171 Å². The molecule has 1 saturated heterocycles. The van der Waals surface area contributed by atoms with Gasteiger partial charge >= 0.3 is 17.9 Å². The number of anilines is 1. The largest absolute Gasteiger partial charge is 0.493 e. The SMILES string of the molecule is COc1cc(/C=C2\C(=O)NC(=O)N(c3cc(C(F)(F)F)ccc3Cl)C2=O)cc(I)c1Oc1ccc([N+](=O)[O-])cc1[N+](=O)[O-]. The van der Waals surface area contributed by atoms with Gasteiger partial charge in [-0.1, -0.05) is 11.6 Å². The summed E-state index contributed by atoms with van der Waals surface area (Å²) in [7, 11) is 1.22. The van der Waals surface area contributed by atoms with Crippen LogP contribution < -0.4 is 19.7 Å². The summed E-state index contributed by atoms with van der Waals surface area (Å²) in [5.41, 5.74) is -3.59. The number of halogens is 5. The molecule has 1 heterocycles. The molecule has 18 heteroatoms. The van der Waals surface area contributed by atoms with Crippen molar-refractivity contribution in [2.24, 2.45) is 0 Å². The molecule has 0 bridgehead atoms. The second-order valence-corrected chi connectivity index (χ2v) is 9.99. The van der Waals surface area contributed by atoms with Gasteiger partial charge in [-0.25, -0.2) is 9.69 Å². The quantitative estimate of drug-likeness (QED) is 0.0970. The van der Waals surface area contributed by atoms with E-state index in [-0.39, 0.29) is 36.3 Å². The average Bonchev–Trinajstić information content (AvgIpc) is 2.92. The first-order chi connectivity index (χ1) is 20.1. The first-order valence-electron chi connectivity index (χ1n) is 11.4. The fraction of sp³-hybridized carbons (Fsp3) is 0.0800. The van der Waals surface area contributed by atoms with Gasteiger partial charge in [0.05, 0.1) is 42.9 Å². The number of non-ortho nitro benzene ring substituents is 1. The summed E-state index contributed by atoms with van der Waals surface area (Å²) in [6.45, 7) is 0. The van der Waals surface area contributed by atoms with Crippen LogP contribution in [0.1, 0.15) is 11.1 Å². The number of amides is 4. The van der Waals surface area contributed by atoms with Gasteiger partial charge < -0.3 is 9.47 Å². The van der Waals surface area contributed by atoms with Crippen LogP contribution in [0.4, 0.5) is 35.0 Å². The van der Waals surface area contributed by atoms with Crippen LogP contribution in [0.5, 0.6) is 17.2 Å². The lowest BCUT2D eigenvalue weighted by atomic mass is 10.1. The maximum atomic E-state index is 13.3. The van der Waals surface area contributed by atoms with Crippen molar-refractivity contribution in [3.8, 4) is 17.2 Å². The molecule has 3 aromatic rings. The predicted octanol–water partition coefficient (Wildman–Crippen LogP) is 6.25. The van der Waals surface area contributed by atoms with Crippen molar-refractivity contribution in [2.75, 3.05) is 12.0 Å². The number of imide groups is 2. The lowest BCUT2D eigenvalue weighted by Gasteiger charge is -2.27. The molecule has 0 atom stereocenters. The van der Waals surface area contributed by atoms with Crippen molar-refractivity contribution in [1.82, 2.24) is 5.32 Å². The Morgan fingerprint density at radius 1 is 1.00 bits per heavy atom. The van der Waals surface area contributed by atoms with Crippen LogP contribution in [0.25, 0.3) is 6.08 Å². The average molecular weight is 733 g/mol. The molecular weight excluding hydrogens is 720 g/mol. The maximum Gasteiger partial charge on any atom is 0.416 e. The summed E-state index contributed by atoms with van der Waals surface area (Å²) in [4.78, 5) is 59.5. The number of urea groups is 1. The lowest BCUT2D eigenvalue weighted by molar-refractivity contribution is -0.394. The predicted molar refractivity (Wildman–Crippen MR) is 151 cm³/mol. The van der Waals surface area contributed by atoms with Crippen LogP contribution in [0.2, 0.25) is 5.02 Å². The number of carbonyl (C=O) groups is 3. The number of benzene rings is 3. The molecule has 3 aromatic carbocycles. The molecule has 0 radical (unpaired) electrons. The summed E-state index contributed by atoms with van der Waals surface area (Å²) < 4.78 is 51.0. The molecule has 0 unspecified atom stereocenters. The molecule has 1 fully saturated rings. The van der Waals surface area contributed by atoms with Crippen LogP contribution in [0.15, 0.2) is 54.1 Å². The number of rotatable bonds is 7. The van der Waals surface area contributed by atoms with Gasteiger partial charge in [-0.3, -0.25) is 35.1 Å². The number of nitro benzene ring substituents is 2. The van der Waals surface area contributed by atoms with Gasteiger partial charge in [0.1, 0.15) is 5.57 Å². The number of nitrogens with one attached hydrogen (secondary N) is 1. The minimum absolute atomic E-state index is 0.0519. The highest BCUT2D eigenvalue weighted by molar-refractivity contribution is 14.1. The number of methoxy groups -OCH3 is 1. The fourth-order valence-corrected chi connectivity index (χ4v) is 4.72. The van der Waals surface area contributed by atoms with E-state index in [9.17, 15) is 47.8 Å². The maximum absolute atomic E-state index is 13.3. The Bertz CT molecular complexity index is 1760. The molecule has 4 rings (SSSR count). The van der Waals surface area contributed by atoms with Crippen molar-refractivity contribution >= 4 is 75.2 Å². The number of nitrogens with zero attached hydrogens (tertiary/aromatic N) is 3. The minimum atomic E-state index is -4.82. The van der Waals surface area contributed by atoms with E-state index in [1.807, 2.05) is 5.32 Å². The molecular formula is C25H13ClF3IN4O9. The molecule has 1 aliphatic rings. The van der Waals surface area contributed by atoms with Crippen LogP contribution in [-0.2, 0) is 15.8 Å². The van der Waals surface area contributed by atoms with Crippen molar-refractivity contribution in [3.05, 3.63) is 94.1 Å². The summed E-state index contributed by atoms with van der Waals surface area (Å²) in [5.74, 6) is -2.89. The number of hydrogen-bond acceptors (Lipinski definition) is 9. The molecule has 0 saturated carbocycles. The summed E-state index contributed by atoms with van der Waals surface area (Å²) >= 11 is 7.76. The lowest BCUT2D eigenvalue weighted by Crippen LogP contribution is -2.54. The Kier molecular flexibility index (Phi) is 8.58. The smallest absolute Gasteiger partial charge is 0.416 e. The number of hydrogen-bond donors (Lipinski definition) is 1. The van der Waals surface area contributed by atoms with E-state index >= 15 is 0 Å². The molecule has 4 amide bonds. The zero-order chi connectivity index (χ0) is 31.8. The third kappa shape index (κ3) is 6.36. The van der Waals surface area contributed by atoms with Gasteiger partial charge in [-0.2, -0.15) is 13.2 Å². The molecule has 13 nitrogen and oxygen atoms in total. The van der Waals surface area contributed by atoms with E-state index in [1.54, 1.807) is 22.6 Å². The Hall–Kier alpha value is -4.78. The molecule has 222 valence electrons. The van der Waals surface area contributed by atoms with E-state index in [0.717, 1.165) is 24.3 Å². The van der Waals surface area contributed by atoms with Crippen LogP contribution in [0.3, 0.4) is 0 Å². The van der Waals surface area contributed by atoms with Gasteiger partial charge in [0.15, 0.2) is 11.5 Å². The number of alkyl halides is 3. The second-order valence-electron chi connectivity index (χ2n) is 8.42. The third-order valence-corrected chi connectivity index (χ3v) is 6.86. The normalized spacial score (nSPS) is 14.5. The minimum Gasteiger partial charge on any atom is -0.493 e. The van der Waals surface area contributed by atoms with E-state index in [1.165, 1.54) is 19.2 Å². The van der Waals surface area contributed by atoms with Gasteiger partial charge in [0.2, 0.25) is 5.75 Å². The van der Waals surface area contributed by atoms with Crippen molar-refractivity contribution < 1.29 is 46.9 Å². The van der Waals surface area contributed by atoms with Gasteiger partial charge in [-0.15, -0.1) is 0 Å². The molecule has 0 spiro atoms.